The third-order valence-corrected chi connectivity index (χ3v) is 2.43. The van der Waals surface area contributed by atoms with Gasteiger partial charge < -0.3 is 15.2 Å². The van der Waals surface area contributed by atoms with Crippen LogP contribution in [0.3, 0.4) is 0 Å². The van der Waals surface area contributed by atoms with Crippen LogP contribution in [-0.2, 0) is 9.53 Å². The van der Waals surface area contributed by atoms with Crippen LogP contribution in [0.1, 0.15) is 20.8 Å². The van der Waals surface area contributed by atoms with Crippen LogP contribution in [0.5, 0.6) is 0 Å². The summed E-state index contributed by atoms with van der Waals surface area (Å²) >= 11 is 0. The maximum Gasteiger partial charge on any atom is 0.212 e. The van der Waals surface area contributed by atoms with Crippen LogP contribution in [0.15, 0.2) is 22.2 Å². The van der Waals surface area contributed by atoms with E-state index in [9.17, 15) is 9.90 Å². The Hall–Kier alpha value is -1.42. The Labute approximate surface area is 107 Å². The summed E-state index contributed by atoms with van der Waals surface area (Å²) < 4.78 is 5.43. The zero-order valence-corrected chi connectivity index (χ0v) is 11.1. The molecule has 2 N–H and O–H groups in total. The van der Waals surface area contributed by atoms with E-state index < -0.39 is 6.10 Å². The molecule has 1 heterocycles. The Bertz CT molecular complexity index is 393. The van der Waals surface area contributed by atoms with Crippen molar-refractivity contribution in [1.29, 1.82) is 0 Å². The van der Waals surface area contributed by atoms with Crippen molar-refractivity contribution in [3.05, 3.63) is 17.2 Å². The predicted molar refractivity (Wildman–Crippen MR) is 70.4 cm³/mol. The summed E-state index contributed by atoms with van der Waals surface area (Å²) in [6.07, 6.45) is 1.12. The molecule has 0 saturated carbocycles. The van der Waals surface area contributed by atoms with E-state index in [0.29, 0.717) is 24.1 Å². The summed E-state index contributed by atoms with van der Waals surface area (Å²) in [7, 11) is 0. The van der Waals surface area contributed by atoms with E-state index in [0.717, 1.165) is 5.57 Å². The van der Waals surface area contributed by atoms with Crippen LogP contribution in [0.2, 0.25) is 0 Å². The highest BCUT2D eigenvalue weighted by molar-refractivity contribution is 5.95. The Morgan fingerprint density at radius 3 is 2.89 bits per heavy atom. The Balaban J connectivity index is 2.38. The van der Waals surface area contributed by atoms with Gasteiger partial charge in [0.2, 0.25) is 5.90 Å². The maximum absolute atomic E-state index is 10.5. The quantitative estimate of drug-likeness (QED) is 0.698. The number of aliphatic hydroxyl groups is 1. The maximum atomic E-state index is 10.5. The monoisotopic (exact) mass is 252 g/mol. The van der Waals surface area contributed by atoms with Gasteiger partial charge in [0.25, 0.3) is 0 Å². The average Bonchev–Trinajstić information content (AvgIpc) is 2.34. The molecule has 0 fully saturated rings. The van der Waals surface area contributed by atoms with Crippen molar-refractivity contribution in [2.24, 2.45) is 4.99 Å². The van der Waals surface area contributed by atoms with Gasteiger partial charge in [0.05, 0.1) is 12.1 Å². The number of dihydropyridines is 1. The highest BCUT2D eigenvalue weighted by Crippen LogP contribution is 2.10. The number of ether oxygens (including phenoxy) is 1. The smallest absolute Gasteiger partial charge is 0.212 e. The number of aliphatic hydroxyl groups excluding tert-OH is 1. The van der Waals surface area contributed by atoms with Crippen LogP contribution < -0.4 is 5.32 Å². The average molecular weight is 252 g/mol. The van der Waals surface area contributed by atoms with Gasteiger partial charge in [-0.2, -0.15) is 0 Å². The molecule has 1 atom stereocenters. The molecule has 1 aliphatic heterocycles. The first kappa shape index (κ1) is 14.6. The van der Waals surface area contributed by atoms with E-state index >= 15 is 0 Å². The number of nitrogens with zero attached hydrogens (tertiary/aromatic N) is 1. The van der Waals surface area contributed by atoms with Crippen molar-refractivity contribution < 1.29 is 14.6 Å². The fourth-order valence-electron chi connectivity index (χ4n) is 1.48. The van der Waals surface area contributed by atoms with Gasteiger partial charge in [-0.05, 0) is 13.0 Å². The molecule has 0 aromatic carbocycles. The number of nitrogens with one attached hydrogen (secondary N) is 1. The molecule has 100 valence electrons. The van der Waals surface area contributed by atoms with Crippen LogP contribution in [-0.4, -0.2) is 48.8 Å². The first-order valence-electron chi connectivity index (χ1n) is 6.04. The van der Waals surface area contributed by atoms with Crippen LogP contribution >= 0.6 is 0 Å². The molecule has 5 heteroatoms. The third-order valence-electron chi connectivity index (χ3n) is 2.43. The molecule has 0 spiro atoms. The van der Waals surface area contributed by atoms with E-state index in [1.54, 1.807) is 6.08 Å². The predicted octanol–water partition coefficient (Wildman–Crippen LogP) is 0.478. The summed E-state index contributed by atoms with van der Waals surface area (Å²) in [5.41, 5.74) is 1.30. The summed E-state index contributed by atoms with van der Waals surface area (Å²) in [6.45, 7) is 6.79. The van der Waals surface area contributed by atoms with Crippen molar-refractivity contribution in [1.82, 2.24) is 5.32 Å². The molecule has 1 unspecified atom stereocenters. The van der Waals surface area contributed by atoms with Gasteiger partial charge in [0.1, 0.15) is 18.7 Å². The fourth-order valence-corrected chi connectivity index (χ4v) is 1.48. The fraction of sp³-hybridized carbons (Fsp3) is 0.615. The number of carbonyl (C=O) groups excluding carboxylic acids is 1. The Morgan fingerprint density at radius 2 is 2.33 bits per heavy atom. The topological polar surface area (TPSA) is 70.9 Å². The minimum Gasteiger partial charge on any atom is -0.475 e. The van der Waals surface area contributed by atoms with Crippen LogP contribution in [0.4, 0.5) is 0 Å². The number of rotatable bonds is 5. The first-order valence-corrected chi connectivity index (χ1v) is 6.04. The van der Waals surface area contributed by atoms with Gasteiger partial charge in [0, 0.05) is 18.2 Å². The molecule has 1 rings (SSSR count). The molecule has 1 aliphatic rings. The van der Waals surface area contributed by atoms with E-state index in [4.69, 9.17) is 4.74 Å². The summed E-state index contributed by atoms with van der Waals surface area (Å²) in [5.74, 6) is 2.30. The lowest BCUT2D eigenvalue weighted by Crippen LogP contribution is -2.35. The molecule has 0 aromatic rings. The Kier molecular flexibility index (Phi) is 5.78. The molecule has 0 aliphatic carbocycles. The largest absolute Gasteiger partial charge is 0.475 e. The highest BCUT2D eigenvalue weighted by atomic mass is 16.5. The van der Waals surface area contributed by atoms with E-state index in [-0.39, 0.29) is 13.2 Å². The van der Waals surface area contributed by atoms with Gasteiger partial charge in [-0.3, -0.25) is 0 Å². The normalized spacial score (nSPS) is 17.1. The molecular weight excluding hydrogens is 232 g/mol. The molecular formula is C13H20N2O3. The number of hydrogen-bond donors (Lipinski definition) is 2. The zero-order chi connectivity index (χ0) is 13.5. The summed E-state index contributed by atoms with van der Waals surface area (Å²) in [4.78, 5) is 14.6. The SMILES string of the molecule is CC1=CC(=C=O)CN=C1OCC(O)CNC(C)C. The van der Waals surface area contributed by atoms with E-state index in [1.165, 1.54) is 0 Å². The molecule has 0 amide bonds. The third kappa shape index (κ3) is 4.84. The molecule has 0 bridgehead atoms. The minimum atomic E-state index is -0.578. The van der Waals surface area contributed by atoms with Crippen molar-refractivity contribution in [2.45, 2.75) is 32.9 Å². The van der Waals surface area contributed by atoms with Gasteiger partial charge >= 0.3 is 0 Å². The molecule has 18 heavy (non-hydrogen) atoms. The van der Waals surface area contributed by atoms with Gasteiger partial charge in [0.15, 0.2) is 0 Å². The molecule has 0 aromatic heterocycles. The van der Waals surface area contributed by atoms with E-state index in [1.807, 2.05) is 26.7 Å². The van der Waals surface area contributed by atoms with Crippen molar-refractivity contribution in [3.63, 3.8) is 0 Å². The van der Waals surface area contributed by atoms with Gasteiger partial charge in [-0.15, -0.1) is 0 Å². The van der Waals surface area contributed by atoms with E-state index in [2.05, 4.69) is 10.3 Å². The van der Waals surface area contributed by atoms with Crippen molar-refractivity contribution >= 4 is 11.8 Å². The number of hydrogen-bond acceptors (Lipinski definition) is 5. The lowest BCUT2D eigenvalue weighted by molar-refractivity contribution is 0.0989. The van der Waals surface area contributed by atoms with Crippen molar-refractivity contribution in [2.75, 3.05) is 19.7 Å². The standard InChI is InChI=1S/C13H20N2O3/c1-9(2)14-6-12(17)8-18-13-10(3)4-11(7-16)5-15-13/h4,9,12,14,17H,5-6,8H2,1-3H3. The zero-order valence-electron chi connectivity index (χ0n) is 11.1. The van der Waals surface area contributed by atoms with Gasteiger partial charge in [-0.25, -0.2) is 9.79 Å². The molecule has 5 nitrogen and oxygen atoms in total. The highest BCUT2D eigenvalue weighted by Gasteiger charge is 2.13. The second kappa shape index (κ2) is 7.11. The minimum absolute atomic E-state index is 0.184. The molecule has 0 saturated heterocycles. The lowest BCUT2D eigenvalue weighted by atomic mass is 10.1. The number of aliphatic imine (C=N–C) groups is 1. The lowest BCUT2D eigenvalue weighted by Gasteiger charge is -2.17. The van der Waals surface area contributed by atoms with Crippen LogP contribution in [0, 0.1) is 0 Å². The Morgan fingerprint density at radius 1 is 1.61 bits per heavy atom. The second-order valence-corrected chi connectivity index (χ2v) is 4.60. The van der Waals surface area contributed by atoms with Crippen LogP contribution in [0.25, 0.3) is 0 Å². The van der Waals surface area contributed by atoms with Crippen molar-refractivity contribution in [3.8, 4) is 0 Å². The summed E-state index contributed by atoms with van der Waals surface area (Å²) in [5, 5.41) is 12.8. The summed E-state index contributed by atoms with van der Waals surface area (Å²) in [6, 6.07) is 0.327. The molecule has 0 radical (unpaired) electrons. The van der Waals surface area contributed by atoms with Gasteiger partial charge in [-0.1, -0.05) is 13.8 Å². The second-order valence-electron chi connectivity index (χ2n) is 4.60. The first-order chi connectivity index (χ1) is 8.52.